The Morgan fingerprint density at radius 2 is 1.57 bits per heavy atom. The van der Waals surface area contributed by atoms with E-state index in [-0.39, 0.29) is 17.4 Å². The first-order valence-electron chi connectivity index (χ1n) is 13.5. The van der Waals surface area contributed by atoms with Gasteiger partial charge in [-0.15, -0.1) is 23.1 Å². The van der Waals surface area contributed by atoms with Crippen LogP contribution in [-0.2, 0) is 9.59 Å². The van der Waals surface area contributed by atoms with Crippen LogP contribution in [0, 0.1) is 6.92 Å². The molecule has 1 aromatic heterocycles. The molecule has 44 heavy (non-hydrogen) atoms. The summed E-state index contributed by atoms with van der Waals surface area (Å²) in [6.45, 7) is 2.03. The van der Waals surface area contributed by atoms with Gasteiger partial charge < -0.3 is 16.0 Å². The molecule has 0 saturated heterocycles. The van der Waals surface area contributed by atoms with Crippen LogP contribution in [0.25, 0.3) is 17.3 Å². The molecule has 0 spiro atoms. The van der Waals surface area contributed by atoms with E-state index in [2.05, 4.69) is 20.9 Å². The van der Waals surface area contributed by atoms with Gasteiger partial charge in [0.2, 0.25) is 5.91 Å². The first-order valence-corrected chi connectivity index (χ1v) is 15.8. The summed E-state index contributed by atoms with van der Waals surface area (Å²) in [7, 11) is 0. The zero-order valence-corrected chi connectivity index (χ0v) is 25.9. The minimum atomic E-state index is -0.488. The Hall–Kier alpha value is -4.70. The maximum absolute atomic E-state index is 13.2. The number of hydrogen-bond donors (Lipinski definition) is 3. The molecule has 0 aliphatic heterocycles. The number of anilines is 2. The fourth-order valence-electron chi connectivity index (χ4n) is 3.99. The van der Waals surface area contributed by atoms with Crippen molar-refractivity contribution in [3.05, 3.63) is 136 Å². The number of nitrogens with one attached hydrogen (secondary N) is 3. The van der Waals surface area contributed by atoms with Crippen LogP contribution in [0.5, 0.6) is 0 Å². The number of amides is 3. The Bertz CT molecular complexity index is 1790. The van der Waals surface area contributed by atoms with Crippen LogP contribution in [0.3, 0.4) is 0 Å². The maximum Gasteiger partial charge on any atom is 0.272 e. The fourth-order valence-corrected chi connectivity index (χ4v) is 5.55. The Labute approximate surface area is 268 Å². The number of carbonyl (C=O) groups is 3. The zero-order valence-electron chi connectivity index (χ0n) is 23.5. The van der Waals surface area contributed by atoms with Gasteiger partial charge in [-0.3, -0.25) is 14.4 Å². The van der Waals surface area contributed by atoms with E-state index in [1.54, 1.807) is 66.7 Å². The maximum atomic E-state index is 13.2. The number of rotatable bonds is 10. The van der Waals surface area contributed by atoms with Crippen molar-refractivity contribution < 1.29 is 14.4 Å². The van der Waals surface area contributed by atoms with Crippen molar-refractivity contribution in [2.75, 3.05) is 16.4 Å². The summed E-state index contributed by atoms with van der Waals surface area (Å²) in [5.74, 6) is -0.860. The van der Waals surface area contributed by atoms with Crippen molar-refractivity contribution in [2.45, 2.75) is 11.8 Å². The Balaban J connectivity index is 1.18. The Morgan fingerprint density at radius 3 is 2.27 bits per heavy atom. The van der Waals surface area contributed by atoms with E-state index >= 15 is 0 Å². The second-order valence-electron chi connectivity index (χ2n) is 9.65. The van der Waals surface area contributed by atoms with Crippen LogP contribution in [0.15, 0.2) is 119 Å². The number of thiazole rings is 1. The molecule has 5 aromatic rings. The molecule has 0 aliphatic rings. The van der Waals surface area contributed by atoms with Crippen molar-refractivity contribution >= 4 is 69.3 Å². The van der Waals surface area contributed by atoms with Crippen LogP contribution in [0.4, 0.5) is 10.8 Å². The topological polar surface area (TPSA) is 100 Å². The third-order valence-corrected chi connectivity index (χ3v) is 8.31. The molecule has 4 aromatic carbocycles. The van der Waals surface area contributed by atoms with Gasteiger partial charge in [-0.05, 0) is 67.1 Å². The highest BCUT2D eigenvalue weighted by Crippen LogP contribution is 2.26. The molecule has 3 amide bonds. The molecule has 0 bridgehead atoms. The van der Waals surface area contributed by atoms with Crippen molar-refractivity contribution in [3.8, 4) is 11.3 Å². The Morgan fingerprint density at radius 1 is 0.864 bits per heavy atom. The first-order chi connectivity index (χ1) is 21.3. The van der Waals surface area contributed by atoms with Crippen molar-refractivity contribution in [1.29, 1.82) is 0 Å². The molecule has 0 saturated carbocycles. The highest BCUT2D eigenvalue weighted by atomic mass is 35.5. The van der Waals surface area contributed by atoms with Crippen LogP contribution >= 0.6 is 34.7 Å². The van der Waals surface area contributed by atoms with Crippen LogP contribution < -0.4 is 16.0 Å². The Kier molecular flexibility index (Phi) is 10.2. The molecule has 0 radical (unpaired) electrons. The van der Waals surface area contributed by atoms with Gasteiger partial charge in [0.1, 0.15) is 5.70 Å². The van der Waals surface area contributed by atoms with Gasteiger partial charge in [-0.25, -0.2) is 4.98 Å². The van der Waals surface area contributed by atoms with Gasteiger partial charge in [0, 0.05) is 32.1 Å². The SMILES string of the molecule is Cc1ccc(-c2csc(NC(=O)CSc3ccc(NC(=O)/C(=C/c4ccc(Cl)cc4)NC(=O)c4ccccc4)cc3)n2)cc1. The molecule has 3 N–H and O–H groups in total. The number of carbonyl (C=O) groups excluding carboxylic acids is 3. The van der Waals surface area contributed by atoms with Crippen LogP contribution in [0.1, 0.15) is 21.5 Å². The lowest BCUT2D eigenvalue weighted by Crippen LogP contribution is -2.30. The monoisotopic (exact) mass is 638 g/mol. The molecule has 7 nitrogen and oxygen atoms in total. The summed E-state index contributed by atoms with van der Waals surface area (Å²) in [5, 5.41) is 11.4. The smallest absolute Gasteiger partial charge is 0.272 e. The zero-order chi connectivity index (χ0) is 30.9. The van der Waals surface area contributed by atoms with E-state index in [1.807, 2.05) is 54.8 Å². The highest BCUT2D eigenvalue weighted by Gasteiger charge is 2.15. The lowest BCUT2D eigenvalue weighted by molar-refractivity contribution is -0.114. The molecule has 220 valence electrons. The van der Waals surface area contributed by atoms with E-state index in [9.17, 15) is 14.4 Å². The van der Waals surface area contributed by atoms with Gasteiger partial charge in [0.15, 0.2) is 5.13 Å². The molecule has 0 atom stereocenters. The number of halogens is 1. The third kappa shape index (κ3) is 8.67. The van der Waals surface area contributed by atoms with E-state index in [4.69, 9.17) is 11.6 Å². The summed E-state index contributed by atoms with van der Waals surface area (Å²) < 4.78 is 0. The molecular formula is C34H27ClN4O3S2. The largest absolute Gasteiger partial charge is 0.321 e. The first kappa shape index (κ1) is 30.7. The van der Waals surface area contributed by atoms with E-state index < -0.39 is 11.8 Å². The average molecular weight is 639 g/mol. The normalized spacial score (nSPS) is 11.1. The number of aryl methyl sites for hydroxylation is 1. The molecule has 0 aliphatic carbocycles. The van der Waals surface area contributed by atoms with Crippen LogP contribution in [-0.4, -0.2) is 28.5 Å². The lowest BCUT2D eigenvalue weighted by atomic mass is 10.1. The standard InChI is InChI=1S/C34H27ClN4O3S2/c1-22-7-11-24(12-8-22)30-20-44-34(38-30)39-31(40)21-43-28-17-15-27(16-18-28)36-33(42)29(19-23-9-13-26(35)14-10-23)37-32(41)25-5-3-2-4-6-25/h2-20H,21H2,1H3,(H,36,42)(H,37,41)(H,38,39,40)/b29-19-. The summed E-state index contributed by atoms with van der Waals surface area (Å²) in [4.78, 5) is 44.0. The summed E-state index contributed by atoms with van der Waals surface area (Å²) in [6.07, 6.45) is 1.58. The summed E-state index contributed by atoms with van der Waals surface area (Å²) >= 11 is 8.75. The highest BCUT2D eigenvalue weighted by molar-refractivity contribution is 8.00. The van der Waals surface area contributed by atoms with Crippen molar-refractivity contribution in [1.82, 2.24) is 10.3 Å². The summed E-state index contributed by atoms with van der Waals surface area (Å²) in [5.41, 5.74) is 4.72. The average Bonchev–Trinajstić information content (AvgIpc) is 3.50. The van der Waals surface area contributed by atoms with Crippen LogP contribution in [0.2, 0.25) is 5.02 Å². The predicted molar refractivity (Wildman–Crippen MR) is 180 cm³/mol. The fraction of sp³-hybridized carbons (Fsp3) is 0.0588. The molecular weight excluding hydrogens is 612 g/mol. The van der Waals surface area contributed by atoms with Gasteiger partial charge in [-0.2, -0.15) is 0 Å². The number of thioether (sulfide) groups is 1. The van der Waals surface area contributed by atoms with Gasteiger partial charge in [0.25, 0.3) is 11.8 Å². The molecule has 0 fully saturated rings. The number of aromatic nitrogens is 1. The van der Waals surface area contributed by atoms with Gasteiger partial charge in [0.05, 0.1) is 11.4 Å². The lowest BCUT2D eigenvalue weighted by Gasteiger charge is -2.12. The second-order valence-corrected chi connectivity index (χ2v) is 12.0. The van der Waals surface area contributed by atoms with Crippen molar-refractivity contribution in [2.24, 2.45) is 0 Å². The summed E-state index contributed by atoms with van der Waals surface area (Å²) in [6, 6.07) is 30.8. The molecule has 10 heteroatoms. The second kappa shape index (κ2) is 14.7. The molecule has 5 rings (SSSR count). The van der Waals surface area contributed by atoms with Gasteiger partial charge in [-0.1, -0.05) is 71.8 Å². The number of hydrogen-bond acceptors (Lipinski definition) is 6. The number of benzene rings is 4. The van der Waals surface area contributed by atoms with E-state index in [0.717, 1.165) is 16.2 Å². The van der Waals surface area contributed by atoms with E-state index in [1.165, 1.54) is 28.7 Å². The minimum Gasteiger partial charge on any atom is -0.321 e. The molecule has 0 unspecified atom stereocenters. The van der Waals surface area contributed by atoms with E-state index in [0.29, 0.717) is 27.0 Å². The third-order valence-electron chi connectivity index (χ3n) is 6.29. The van der Waals surface area contributed by atoms with Gasteiger partial charge >= 0.3 is 0 Å². The number of nitrogens with zero attached hydrogens (tertiary/aromatic N) is 1. The van der Waals surface area contributed by atoms with Crippen molar-refractivity contribution in [3.63, 3.8) is 0 Å². The quantitative estimate of drug-likeness (QED) is 0.107. The minimum absolute atomic E-state index is 0.0732. The predicted octanol–water partition coefficient (Wildman–Crippen LogP) is 7.91. The molecule has 1 heterocycles.